The quantitative estimate of drug-likeness (QED) is 0.817. The zero-order chi connectivity index (χ0) is 15.8. The molecule has 21 heavy (non-hydrogen) atoms. The van der Waals surface area contributed by atoms with Gasteiger partial charge in [0.2, 0.25) is 10.0 Å². The summed E-state index contributed by atoms with van der Waals surface area (Å²) in [6.07, 6.45) is 1.62. The number of nitrogens with one attached hydrogen (secondary N) is 1. The van der Waals surface area contributed by atoms with E-state index in [1.165, 1.54) is 4.68 Å². The van der Waals surface area contributed by atoms with Crippen LogP contribution in [0.3, 0.4) is 0 Å². The van der Waals surface area contributed by atoms with Crippen LogP contribution in [0.15, 0.2) is 4.90 Å². The first-order valence-corrected chi connectivity index (χ1v) is 8.47. The van der Waals surface area contributed by atoms with Crippen LogP contribution >= 0.6 is 0 Å². The third-order valence-corrected chi connectivity index (χ3v) is 5.59. The predicted molar refractivity (Wildman–Crippen MR) is 76.5 cm³/mol. The van der Waals surface area contributed by atoms with Crippen LogP contribution in [0.2, 0.25) is 0 Å². The second kappa shape index (κ2) is 5.76. The van der Waals surface area contributed by atoms with Crippen LogP contribution < -0.4 is 4.72 Å². The fourth-order valence-corrected chi connectivity index (χ4v) is 4.44. The number of carboxylic acids is 1. The Morgan fingerprint density at radius 1 is 1.43 bits per heavy atom. The molecule has 0 spiro atoms. The molecule has 0 saturated heterocycles. The van der Waals surface area contributed by atoms with Crippen LogP contribution in [-0.4, -0.2) is 35.3 Å². The molecule has 2 N–H and O–H groups in total. The van der Waals surface area contributed by atoms with Crippen molar-refractivity contribution in [2.24, 2.45) is 5.92 Å². The molecular formula is C13H21N3O4S. The van der Waals surface area contributed by atoms with E-state index in [2.05, 4.69) is 16.7 Å². The summed E-state index contributed by atoms with van der Waals surface area (Å²) in [7, 11) is -3.60. The van der Waals surface area contributed by atoms with Crippen molar-refractivity contribution in [1.29, 1.82) is 0 Å². The zero-order valence-corrected chi connectivity index (χ0v) is 13.3. The summed E-state index contributed by atoms with van der Waals surface area (Å²) >= 11 is 0. The second-order valence-electron chi connectivity index (χ2n) is 5.76. The second-order valence-corrected chi connectivity index (χ2v) is 7.41. The summed E-state index contributed by atoms with van der Waals surface area (Å²) < 4.78 is 29.1. The number of carboxylic acid groups (broad SMARTS) is 1. The fraction of sp³-hybridized carbons (Fsp3) is 0.692. The average molecular weight is 315 g/mol. The van der Waals surface area contributed by atoms with E-state index >= 15 is 0 Å². The molecule has 1 heterocycles. The standard InChI is InChI=1S/C13H21N3O4S/c1-8-6-11(7-8)15-21(19,20)13-9(2)14-16(10(13)3)5-4-12(17)18/h8,11,15H,4-7H2,1-3H3,(H,17,18). The van der Waals surface area contributed by atoms with Crippen LogP contribution in [-0.2, 0) is 21.4 Å². The largest absolute Gasteiger partial charge is 0.481 e. The Balaban J connectivity index is 2.20. The van der Waals surface area contributed by atoms with Gasteiger partial charge in [-0.05, 0) is 32.6 Å². The van der Waals surface area contributed by atoms with Crippen LogP contribution in [0, 0.1) is 19.8 Å². The first-order valence-electron chi connectivity index (χ1n) is 6.99. The summed E-state index contributed by atoms with van der Waals surface area (Å²) in [6.45, 7) is 5.53. The van der Waals surface area contributed by atoms with Gasteiger partial charge in [0, 0.05) is 6.04 Å². The highest BCUT2D eigenvalue weighted by Crippen LogP contribution is 2.29. The number of hydrogen-bond acceptors (Lipinski definition) is 4. The number of aliphatic carboxylic acids is 1. The van der Waals surface area contributed by atoms with Gasteiger partial charge in [-0.15, -0.1) is 0 Å². The monoisotopic (exact) mass is 315 g/mol. The number of aromatic nitrogens is 2. The molecule has 2 rings (SSSR count). The van der Waals surface area contributed by atoms with Gasteiger partial charge < -0.3 is 5.11 Å². The maximum Gasteiger partial charge on any atom is 0.305 e. The number of rotatable bonds is 6. The number of aryl methyl sites for hydroxylation is 2. The summed E-state index contributed by atoms with van der Waals surface area (Å²) in [5, 5.41) is 12.9. The zero-order valence-electron chi connectivity index (χ0n) is 12.5. The van der Waals surface area contributed by atoms with Crippen molar-refractivity contribution in [3.05, 3.63) is 11.4 Å². The molecule has 1 aliphatic rings. The van der Waals surface area contributed by atoms with Crippen molar-refractivity contribution in [3.63, 3.8) is 0 Å². The van der Waals surface area contributed by atoms with Gasteiger partial charge in [-0.1, -0.05) is 6.92 Å². The smallest absolute Gasteiger partial charge is 0.305 e. The highest BCUT2D eigenvalue weighted by Gasteiger charge is 2.32. The van der Waals surface area contributed by atoms with Gasteiger partial charge in [0.1, 0.15) is 4.90 Å². The van der Waals surface area contributed by atoms with E-state index in [-0.39, 0.29) is 23.9 Å². The molecule has 1 aromatic rings. The van der Waals surface area contributed by atoms with E-state index in [1.807, 2.05) is 0 Å². The molecule has 7 nitrogen and oxygen atoms in total. The minimum atomic E-state index is -3.60. The van der Waals surface area contributed by atoms with Crippen molar-refractivity contribution < 1.29 is 18.3 Å². The summed E-state index contributed by atoms with van der Waals surface area (Å²) in [5.41, 5.74) is 0.881. The summed E-state index contributed by atoms with van der Waals surface area (Å²) in [5.74, 6) is -0.383. The van der Waals surface area contributed by atoms with Crippen LogP contribution in [0.4, 0.5) is 0 Å². The summed E-state index contributed by atoms with van der Waals surface area (Å²) in [6, 6.07) is -0.00818. The molecule has 0 unspecified atom stereocenters. The lowest BCUT2D eigenvalue weighted by Gasteiger charge is -2.32. The van der Waals surface area contributed by atoms with Gasteiger partial charge in [-0.2, -0.15) is 5.10 Å². The SMILES string of the molecule is Cc1nn(CCC(=O)O)c(C)c1S(=O)(=O)NC1CC(C)C1. The Bertz CT molecular complexity index is 645. The minimum absolute atomic E-state index is 0.00818. The van der Waals surface area contributed by atoms with E-state index in [0.29, 0.717) is 17.3 Å². The molecule has 0 amide bonds. The summed E-state index contributed by atoms with van der Waals surface area (Å²) in [4.78, 5) is 10.8. The Morgan fingerprint density at radius 3 is 2.57 bits per heavy atom. The third-order valence-electron chi connectivity index (χ3n) is 3.82. The minimum Gasteiger partial charge on any atom is -0.481 e. The topological polar surface area (TPSA) is 101 Å². The highest BCUT2D eigenvalue weighted by atomic mass is 32.2. The van der Waals surface area contributed by atoms with Crippen LogP contribution in [0.1, 0.15) is 37.6 Å². The molecule has 0 aromatic carbocycles. The molecule has 1 aliphatic carbocycles. The number of carbonyl (C=O) groups is 1. The molecule has 0 aliphatic heterocycles. The van der Waals surface area contributed by atoms with Gasteiger partial charge >= 0.3 is 5.97 Å². The predicted octanol–water partition coefficient (Wildman–Crippen LogP) is 1.05. The number of sulfonamides is 1. The number of nitrogens with zero attached hydrogens (tertiary/aromatic N) is 2. The lowest BCUT2D eigenvalue weighted by atomic mass is 9.83. The highest BCUT2D eigenvalue weighted by molar-refractivity contribution is 7.89. The van der Waals surface area contributed by atoms with Crippen molar-refractivity contribution >= 4 is 16.0 Å². The van der Waals surface area contributed by atoms with Crippen molar-refractivity contribution in [3.8, 4) is 0 Å². The molecule has 1 aromatic heterocycles. The van der Waals surface area contributed by atoms with Crippen LogP contribution in [0.5, 0.6) is 0 Å². The molecule has 0 bridgehead atoms. The normalized spacial score (nSPS) is 22.0. The number of hydrogen-bond donors (Lipinski definition) is 2. The molecule has 0 atom stereocenters. The van der Waals surface area contributed by atoms with E-state index in [4.69, 9.17) is 5.11 Å². The third kappa shape index (κ3) is 3.44. The van der Waals surface area contributed by atoms with Gasteiger partial charge in [-0.25, -0.2) is 13.1 Å². The Morgan fingerprint density at radius 2 is 2.05 bits per heavy atom. The Labute approximate surface area is 124 Å². The van der Waals surface area contributed by atoms with Gasteiger partial charge in [0.05, 0.1) is 24.4 Å². The average Bonchev–Trinajstić information content (AvgIpc) is 2.60. The molecule has 118 valence electrons. The molecule has 1 fully saturated rings. The van der Waals surface area contributed by atoms with Crippen LogP contribution in [0.25, 0.3) is 0 Å². The van der Waals surface area contributed by atoms with E-state index in [1.54, 1.807) is 13.8 Å². The lowest BCUT2D eigenvalue weighted by molar-refractivity contribution is -0.137. The van der Waals surface area contributed by atoms with Crippen molar-refractivity contribution in [1.82, 2.24) is 14.5 Å². The van der Waals surface area contributed by atoms with E-state index in [0.717, 1.165) is 12.8 Å². The maximum absolute atomic E-state index is 12.5. The maximum atomic E-state index is 12.5. The van der Waals surface area contributed by atoms with E-state index in [9.17, 15) is 13.2 Å². The molecule has 8 heteroatoms. The van der Waals surface area contributed by atoms with Crippen molar-refractivity contribution in [2.45, 2.75) is 57.5 Å². The lowest BCUT2D eigenvalue weighted by Crippen LogP contribution is -2.43. The van der Waals surface area contributed by atoms with Crippen molar-refractivity contribution in [2.75, 3.05) is 0 Å². The molecular weight excluding hydrogens is 294 g/mol. The fourth-order valence-electron chi connectivity index (χ4n) is 2.77. The first kappa shape index (κ1) is 16.0. The van der Waals surface area contributed by atoms with Gasteiger partial charge in [-0.3, -0.25) is 9.48 Å². The van der Waals surface area contributed by atoms with Gasteiger partial charge in [0.25, 0.3) is 0 Å². The van der Waals surface area contributed by atoms with E-state index < -0.39 is 16.0 Å². The first-order chi connectivity index (χ1) is 9.70. The Hall–Kier alpha value is -1.41. The molecule has 1 saturated carbocycles. The molecule has 0 radical (unpaired) electrons. The Kier molecular flexibility index (Phi) is 4.38. The van der Waals surface area contributed by atoms with Gasteiger partial charge in [0.15, 0.2) is 0 Å².